The highest BCUT2D eigenvalue weighted by Crippen LogP contribution is 2.38. The van der Waals surface area contributed by atoms with Crippen molar-refractivity contribution in [3.8, 4) is 0 Å². The molecule has 0 saturated heterocycles. The minimum absolute atomic E-state index is 0. The Hall–Kier alpha value is -2.06. The molecule has 1 aliphatic rings. The summed E-state index contributed by atoms with van der Waals surface area (Å²) >= 11 is 0. The minimum Gasteiger partial charge on any atom is -0.355 e. The highest BCUT2D eigenvalue weighted by atomic mass is 35.5. The van der Waals surface area contributed by atoms with Crippen LogP contribution in [0, 0.1) is 6.92 Å². The summed E-state index contributed by atoms with van der Waals surface area (Å²) in [5.41, 5.74) is 5.89. The monoisotopic (exact) mass is 324 g/mol. The van der Waals surface area contributed by atoms with Crippen molar-refractivity contribution >= 4 is 34.7 Å². The van der Waals surface area contributed by atoms with Crippen LogP contribution in [0.5, 0.6) is 0 Å². The molecule has 4 rings (SSSR count). The van der Waals surface area contributed by atoms with Crippen LogP contribution >= 0.6 is 12.4 Å². The Morgan fingerprint density at radius 2 is 1.74 bits per heavy atom. The summed E-state index contributed by atoms with van der Waals surface area (Å²) in [5, 5.41) is 4.76. The molecule has 2 nitrogen and oxygen atoms in total. The molecule has 1 heterocycles. The van der Waals surface area contributed by atoms with Crippen molar-refractivity contribution in [3.63, 3.8) is 0 Å². The van der Waals surface area contributed by atoms with Crippen molar-refractivity contribution < 1.29 is 0 Å². The van der Waals surface area contributed by atoms with Gasteiger partial charge in [-0.15, -0.1) is 12.4 Å². The van der Waals surface area contributed by atoms with Gasteiger partial charge in [-0.3, -0.25) is 4.98 Å². The number of nitrogens with one attached hydrogen (secondary N) is 1. The van der Waals surface area contributed by atoms with E-state index >= 15 is 0 Å². The van der Waals surface area contributed by atoms with E-state index in [9.17, 15) is 0 Å². The third-order valence-corrected chi connectivity index (χ3v) is 4.59. The largest absolute Gasteiger partial charge is 0.355 e. The molecule has 3 aromatic rings. The molecule has 23 heavy (non-hydrogen) atoms. The summed E-state index contributed by atoms with van der Waals surface area (Å²) < 4.78 is 0. The number of anilines is 2. The van der Waals surface area contributed by atoms with E-state index in [-0.39, 0.29) is 12.4 Å². The van der Waals surface area contributed by atoms with Crippen LogP contribution in [-0.4, -0.2) is 4.98 Å². The highest BCUT2D eigenvalue weighted by molar-refractivity contribution is 5.93. The van der Waals surface area contributed by atoms with Crippen molar-refractivity contribution in [1.29, 1.82) is 0 Å². The smallest absolute Gasteiger partial charge is 0.0726 e. The molecular formula is C20H21ClN2. The zero-order valence-electron chi connectivity index (χ0n) is 13.3. The van der Waals surface area contributed by atoms with Gasteiger partial charge in [0.05, 0.1) is 5.52 Å². The summed E-state index contributed by atoms with van der Waals surface area (Å²) in [6.45, 7) is 2.11. The van der Waals surface area contributed by atoms with Gasteiger partial charge >= 0.3 is 0 Å². The number of pyridine rings is 1. The van der Waals surface area contributed by atoms with Gasteiger partial charge in [0.15, 0.2) is 0 Å². The highest BCUT2D eigenvalue weighted by Gasteiger charge is 2.22. The second-order valence-corrected chi connectivity index (χ2v) is 6.23. The lowest BCUT2D eigenvalue weighted by atomic mass is 9.82. The van der Waals surface area contributed by atoms with E-state index in [1.165, 1.54) is 35.9 Å². The van der Waals surface area contributed by atoms with Crippen LogP contribution in [0.4, 0.5) is 11.4 Å². The summed E-state index contributed by atoms with van der Waals surface area (Å²) in [7, 11) is 0. The first-order chi connectivity index (χ1) is 10.8. The number of hydrogen-bond donors (Lipinski definition) is 1. The third kappa shape index (κ3) is 3.18. The average molecular weight is 325 g/mol. The topological polar surface area (TPSA) is 24.9 Å². The predicted molar refractivity (Wildman–Crippen MR) is 100 cm³/mol. The van der Waals surface area contributed by atoms with Crippen molar-refractivity contribution in [3.05, 3.63) is 65.9 Å². The van der Waals surface area contributed by atoms with Crippen molar-refractivity contribution in [2.45, 2.75) is 32.1 Å². The van der Waals surface area contributed by atoms with Gasteiger partial charge in [0.2, 0.25) is 0 Å². The third-order valence-electron chi connectivity index (χ3n) is 4.59. The van der Waals surface area contributed by atoms with Gasteiger partial charge in [-0.2, -0.15) is 0 Å². The van der Waals surface area contributed by atoms with Crippen LogP contribution in [-0.2, 0) is 0 Å². The van der Waals surface area contributed by atoms with Gasteiger partial charge in [0.1, 0.15) is 0 Å². The Bertz CT molecular complexity index is 807. The average Bonchev–Trinajstić information content (AvgIpc) is 2.48. The Kier molecular flexibility index (Phi) is 4.53. The summed E-state index contributed by atoms with van der Waals surface area (Å²) in [4.78, 5) is 4.87. The molecular weight excluding hydrogens is 304 g/mol. The number of hydrogen-bond acceptors (Lipinski definition) is 2. The molecule has 2 aromatic carbocycles. The SMILES string of the molecule is Cc1ccc(Nc2cc(C3CCC3)nc3ccccc23)cc1.Cl. The van der Waals surface area contributed by atoms with E-state index in [0.717, 1.165) is 16.9 Å². The first kappa shape index (κ1) is 15.8. The first-order valence-electron chi connectivity index (χ1n) is 8.03. The number of fused-ring (bicyclic) bond motifs is 1. The molecule has 0 atom stereocenters. The van der Waals surface area contributed by atoms with Crippen LogP contribution in [0.15, 0.2) is 54.6 Å². The maximum absolute atomic E-state index is 4.87. The van der Waals surface area contributed by atoms with Crippen LogP contribution < -0.4 is 5.32 Å². The molecule has 118 valence electrons. The lowest BCUT2D eigenvalue weighted by molar-refractivity contribution is 0.412. The first-order valence-corrected chi connectivity index (χ1v) is 8.03. The summed E-state index contributed by atoms with van der Waals surface area (Å²) in [5.74, 6) is 0.642. The lowest BCUT2D eigenvalue weighted by Crippen LogP contribution is -2.11. The van der Waals surface area contributed by atoms with E-state index in [0.29, 0.717) is 5.92 Å². The van der Waals surface area contributed by atoms with Crippen LogP contribution in [0.2, 0.25) is 0 Å². The van der Waals surface area contributed by atoms with E-state index in [1.807, 2.05) is 0 Å². The standard InChI is InChI=1S/C20H20N2.ClH/c1-14-9-11-16(12-10-14)21-20-13-19(15-5-4-6-15)22-18-8-3-2-7-17(18)20;/h2-3,7-13,15H,4-6H2,1H3,(H,21,22);1H. The summed E-state index contributed by atoms with van der Waals surface area (Å²) in [6, 6.07) is 19.2. The zero-order valence-corrected chi connectivity index (χ0v) is 14.1. The quantitative estimate of drug-likeness (QED) is 0.641. The molecule has 3 heteroatoms. The molecule has 1 aromatic heterocycles. The molecule has 1 aliphatic carbocycles. The molecule has 0 aliphatic heterocycles. The number of aromatic nitrogens is 1. The number of halogens is 1. The van der Waals surface area contributed by atoms with Crippen molar-refractivity contribution in [2.24, 2.45) is 0 Å². The molecule has 0 radical (unpaired) electrons. The Balaban J connectivity index is 0.00000156. The molecule has 0 bridgehead atoms. The fourth-order valence-corrected chi connectivity index (χ4v) is 3.00. The fourth-order valence-electron chi connectivity index (χ4n) is 3.00. The zero-order chi connectivity index (χ0) is 14.9. The number of nitrogens with zero attached hydrogens (tertiary/aromatic N) is 1. The van der Waals surface area contributed by atoms with Gasteiger partial charge in [0, 0.05) is 28.4 Å². The van der Waals surface area contributed by atoms with Crippen LogP contribution in [0.1, 0.15) is 36.4 Å². The Morgan fingerprint density at radius 1 is 1.00 bits per heavy atom. The van der Waals surface area contributed by atoms with Gasteiger partial charge in [-0.05, 0) is 44.0 Å². The Labute approximate surface area is 143 Å². The Morgan fingerprint density at radius 3 is 2.43 bits per heavy atom. The van der Waals surface area contributed by atoms with Gasteiger partial charge in [0.25, 0.3) is 0 Å². The second-order valence-electron chi connectivity index (χ2n) is 6.23. The molecule has 0 unspecified atom stereocenters. The molecule has 1 saturated carbocycles. The molecule has 0 amide bonds. The van der Waals surface area contributed by atoms with Gasteiger partial charge in [-0.25, -0.2) is 0 Å². The maximum atomic E-state index is 4.87. The van der Waals surface area contributed by atoms with Crippen molar-refractivity contribution in [2.75, 3.05) is 5.32 Å². The number of rotatable bonds is 3. The molecule has 1 fully saturated rings. The molecule has 1 N–H and O–H groups in total. The van der Waals surface area contributed by atoms with Crippen LogP contribution in [0.3, 0.4) is 0 Å². The van der Waals surface area contributed by atoms with E-state index in [2.05, 4.69) is 66.8 Å². The lowest BCUT2D eigenvalue weighted by Gasteiger charge is -2.25. The normalized spacial score (nSPS) is 14.1. The minimum atomic E-state index is 0. The predicted octanol–water partition coefficient (Wildman–Crippen LogP) is 5.98. The fraction of sp³-hybridized carbons (Fsp3) is 0.250. The molecule has 0 spiro atoms. The number of benzene rings is 2. The van der Waals surface area contributed by atoms with E-state index in [4.69, 9.17) is 4.98 Å². The number of para-hydroxylation sites is 1. The van der Waals surface area contributed by atoms with Crippen molar-refractivity contribution in [1.82, 2.24) is 4.98 Å². The van der Waals surface area contributed by atoms with Crippen LogP contribution in [0.25, 0.3) is 10.9 Å². The number of aryl methyl sites for hydroxylation is 1. The van der Waals surface area contributed by atoms with E-state index in [1.54, 1.807) is 0 Å². The van der Waals surface area contributed by atoms with Gasteiger partial charge in [-0.1, -0.05) is 42.3 Å². The second kappa shape index (κ2) is 6.59. The maximum Gasteiger partial charge on any atom is 0.0726 e. The van der Waals surface area contributed by atoms with Gasteiger partial charge < -0.3 is 5.32 Å². The van der Waals surface area contributed by atoms with E-state index < -0.39 is 0 Å². The summed E-state index contributed by atoms with van der Waals surface area (Å²) in [6.07, 6.45) is 3.88.